The summed E-state index contributed by atoms with van der Waals surface area (Å²) in [5.74, 6) is 5.89. The zero-order valence-electron chi connectivity index (χ0n) is 12.6. The maximum absolute atomic E-state index is 12.7. The third-order valence-electron chi connectivity index (χ3n) is 3.57. The molecule has 1 N–H and O–H groups in total. The van der Waals surface area contributed by atoms with Crippen molar-refractivity contribution in [3.8, 4) is 11.8 Å². The van der Waals surface area contributed by atoms with Crippen molar-refractivity contribution < 1.29 is 14.6 Å². The Morgan fingerprint density at radius 2 is 2.33 bits per heavy atom. The quantitative estimate of drug-likeness (QED) is 0.840. The molecule has 112 valence electrons. The largest absolute Gasteiger partial charge is 0.395 e. The number of aliphatic hydroxyl groups excluding tert-OH is 1. The van der Waals surface area contributed by atoms with Gasteiger partial charge in [-0.2, -0.15) is 0 Å². The van der Waals surface area contributed by atoms with E-state index in [4.69, 9.17) is 9.84 Å². The van der Waals surface area contributed by atoms with Gasteiger partial charge in [-0.15, -0.1) is 0 Å². The molecule has 1 unspecified atom stereocenters. The van der Waals surface area contributed by atoms with Crippen molar-refractivity contribution in [1.82, 2.24) is 4.90 Å². The Morgan fingerprint density at radius 3 is 3.05 bits per heavy atom. The Morgan fingerprint density at radius 1 is 1.52 bits per heavy atom. The lowest BCUT2D eigenvalue weighted by Gasteiger charge is -2.33. The smallest absolute Gasteiger partial charge is 0.254 e. The van der Waals surface area contributed by atoms with Crippen LogP contribution in [-0.2, 0) is 4.74 Å². The van der Waals surface area contributed by atoms with Crippen LogP contribution in [0.1, 0.15) is 34.8 Å². The van der Waals surface area contributed by atoms with Crippen molar-refractivity contribution in [1.29, 1.82) is 0 Å². The second kappa shape index (κ2) is 7.26. The maximum atomic E-state index is 12.7. The fourth-order valence-electron chi connectivity index (χ4n) is 2.33. The van der Waals surface area contributed by atoms with Crippen LogP contribution in [0, 0.1) is 18.8 Å². The predicted octanol–water partition coefficient (Wildman–Crippen LogP) is 1.59. The number of amides is 1. The lowest BCUT2D eigenvalue weighted by Crippen LogP contribution is -2.47. The molecule has 4 heteroatoms. The van der Waals surface area contributed by atoms with Crippen LogP contribution >= 0.6 is 0 Å². The highest BCUT2D eigenvalue weighted by molar-refractivity contribution is 5.96. The van der Waals surface area contributed by atoms with E-state index in [0.717, 1.165) is 11.1 Å². The van der Waals surface area contributed by atoms with Gasteiger partial charge in [0, 0.05) is 24.1 Å². The molecule has 0 saturated carbocycles. The molecule has 1 aromatic rings. The molecule has 4 nitrogen and oxygen atoms in total. The third kappa shape index (κ3) is 3.84. The zero-order chi connectivity index (χ0) is 15.2. The number of nitrogens with zero attached hydrogens (tertiary/aromatic N) is 1. The lowest BCUT2D eigenvalue weighted by molar-refractivity contribution is 0.00355. The summed E-state index contributed by atoms with van der Waals surface area (Å²) < 4.78 is 5.38. The fraction of sp³-hybridized carbons (Fsp3) is 0.471. The third-order valence-corrected chi connectivity index (χ3v) is 3.57. The standard InChI is InChI=1S/C17H21NO3/c1-13-6-7-15(5-3-4-9-19)11-16(13)17(20)18-8-10-21-12-14(18)2/h6-7,11,14,19H,4,8-10,12H2,1-2H3. The lowest BCUT2D eigenvalue weighted by atomic mass is 10.0. The minimum atomic E-state index is 0.0362. The highest BCUT2D eigenvalue weighted by Gasteiger charge is 2.25. The fourth-order valence-corrected chi connectivity index (χ4v) is 2.33. The van der Waals surface area contributed by atoms with E-state index in [2.05, 4.69) is 11.8 Å². The highest BCUT2D eigenvalue weighted by Crippen LogP contribution is 2.17. The second-order valence-electron chi connectivity index (χ2n) is 5.23. The second-order valence-corrected chi connectivity index (χ2v) is 5.23. The van der Waals surface area contributed by atoms with Crippen LogP contribution < -0.4 is 0 Å². The molecule has 1 fully saturated rings. The summed E-state index contributed by atoms with van der Waals surface area (Å²) in [5.41, 5.74) is 2.45. The van der Waals surface area contributed by atoms with Crippen LogP contribution in [0.15, 0.2) is 18.2 Å². The molecule has 1 amide bonds. The molecule has 1 heterocycles. The number of ether oxygens (including phenoxy) is 1. The summed E-state index contributed by atoms with van der Waals surface area (Å²) in [6.45, 7) is 5.78. The highest BCUT2D eigenvalue weighted by atomic mass is 16.5. The summed E-state index contributed by atoms with van der Waals surface area (Å²) in [6, 6.07) is 5.75. The van der Waals surface area contributed by atoms with Gasteiger partial charge in [-0.05, 0) is 31.5 Å². The molecular formula is C17H21NO3. The molecule has 0 aromatic heterocycles. The number of carbonyl (C=O) groups excluding carboxylic acids is 1. The Balaban J connectivity index is 2.24. The van der Waals surface area contributed by atoms with Crippen molar-refractivity contribution >= 4 is 5.91 Å². The predicted molar refractivity (Wildman–Crippen MR) is 81.1 cm³/mol. The number of aliphatic hydroxyl groups is 1. The van der Waals surface area contributed by atoms with E-state index < -0.39 is 0 Å². The number of hydrogen-bond donors (Lipinski definition) is 1. The molecule has 1 aliphatic rings. The van der Waals surface area contributed by atoms with E-state index in [9.17, 15) is 4.79 Å². The van der Waals surface area contributed by atoms with E-state index >= 15 is 0 Å². The Bertz CT molecular complexity index is 571. The summed E-state index contributed by atoms with van der Waals surface area (Å²) in [5, 5.41) is 8.76. The van der Waals surface area contributed by atoms with Gasteiger partial charge in [0.1, 0.15) is 0 Å². The summed E-state index contributed by atoms with van der Waals surface area (Å²) in [7, 11) is 0. The number of aryl methyl sites for hydroxylation is 1. The SMILES string of the molecule is Cc1ccc(C#CCCO)cc1C(=O)N1CCOCC1C. The van der Waals surface area contributed by atoms with Crippen LogP contribution in [0.5, 0.6) is 0 Å². The van der Waals surface area contributed by atoms with Crippen LogP contribution in [-0.4, -0.2) is 48.3 Å². The number of rotatable bonds is 2. The van der Waals surface area contributed by atoms with Crippen LogP contribution in [0.3, 0.4) is 0 Å². The molecular weight excluding hydrogens is 266 g/mol. The Hall–Kier alpha value is -1.83. The Labute approximate surface area is 125 Å². The molecule has 21 heavy (non-hydrogen) atoms. The van der Waals surface area contributed by atoms with Crippen LogP contribution in [0.25, 0.3) is 0 Å². The van der Waals surface area contributed by atoms with Gasteiger partial charge >= 0.3 is 0 Å². The molecule has 0 aliphatic carbocycles. The molecule has 0 spiro atoms. The first kappa shape index (κ1) is 15.6. The molecule has 1 aliphatic heterocycles. The molecule has 2 rings (SSSR count). The summed E-state index contributed by atoms with van der Waals surface area (Å²) in [4.78, 5) is 14.6. The van der Waals surface area contributed by atoms with Gasteiger partial charge in [0.25, 0.3) is 5.91 Å². The van der Waals surface area contributed by atoms with Gasteiger partial charge in [-0.3, -0.25) is 4.79 Å². The van der Waals surface area contributed by atoms with Gasteiger partial charge in [-0.1, -0.05) is 17.9 Å². The van der Waals surface area contributed by atoms with Crippen molar-refractivity contribution in [3.05, 3.63) is 34.9 Å². The minimum absolute atomic E-state index is 0.0362. The van der Waals surface area contributed by atoms with Crippen LogP contribution in [0.2, 0.25) is 0 Å². The van der Waals surface area contributed by atoms with Crippen molar-refractivity contribution in [2.75, 3.05) is 26.4 Å². The van der Waals surface area contributed by atoms with Gasteiger partial charge in [-0.25, -0.2) is 0 Å². The molecule has 1 saturated heterocycles. The van der Waals surface area contributed by atoms with E-state index in [1.54, 1.807) is 0 Å². The number of hydrogen-bond acceptors (Lipinski definition) is 3. The topological polar surface area (TPSA) is 49.8 Å². The first-order valence-corrected chi connectivity index (χ1v) is 7.22. The normalized spacial score (nSPS) is 18.0. The van der Waals surface area contributed by atoms with E-state index in [0.29, 0.717) is 31.7 Å². The molecule has 1 aromatic carbocycles. The maximum Gasteiger partial charge on any atom is 0.254 e. The van der Waals surface area contributed by atoms with Crippen molar-refractivity contribution in [3.63, 3.8) is 0 Å². The number of morpholine rings is 1. The van der Waals surface area contributed by atoms with Gasteiger partial charge in [0.2, 0.25) is 0 Å². The van der Waals surface area contributed by atoms with Crippen molar-refractivity contribution in [2.24, 2.45) is 0 Å². The first-order valence-electron chi connectivity index (χ1n) is 7.22. The van der Waals surface area contributed by atoms with Crippen molar-refractivity contribution in [2.45, 2.75) is 26.3 Å². The van der Waals surface area contributed by atoms with Crippen LogP contribution in [0.4, 0.5) is 0 Å². The van der Waals surface area contributed by atoms with Gasteiger partial charge in [0.05, 0.1) is 25.9 Å². The number of benzene rings is 1. The Kier molecular flexibility index (Phi) is 5.38. The average Bonchev–Trinajstić information content (AvgIpc) is 2.49. The summed E-state index contributed by atoms with van der Waals surface area (Å²) in [6.07, 6.45) is 0.442. The monoisotopic (exact) mass is 287 g/mol. The first-order chi connectivity index (χ1) is 10.1. The minimum Gasteiger partial charge on any atom is -0.395 e. The average molecular weight is 287 g/mol. The molecule has 0 radical (unpaired) electrons. The van der Waals surface area contributed by atoms with E-state index in [1.807, 2.05) is 36.9 Å². The summed E-state index contributed by atoms with van der Waals surface area (Å²) >= 11 is 0. The van der Waals surface area contributed by atoms with Gasteiger partial charge in [0.15, 0.2) is 0 Å². The number of carbonyl (C=O) groups is 1. The molecule has 0 bridgehead atoms. The van der Waals surface area contributed by atoms with Gasteiger partial charge < -0.3 is 14.7 Å². The molecule has 1 atom stereocenters. The zero-order valence-corrected chi connectivity index (χ0v) is 12.6. The van der Waals surface area contributed by atoms with E-state index in [1.165, 1.54) is 0 Å². The van der Waals surface area contributed by atoms with E-state index in [-0.39, 0.29) is 18.6 Å².